The molecule has 0 aliphatic rings. The van der Waals surface area contributed by atoms with E-state index in [9.17, 15) is 9.18 Å². The minimum Gasteiger partial charge on any atom is -0.434 e. The van der Waals surface area contributed by atoms with Gasteiger partial charge in [0.25, 0.3) is 5.91 Å². The second-order valence-corrected chi connectivity index (χ2v) is 7.06. The van der Waals surface area contributed by atoms with Crippen LogP contribution in [0.15, 0.2) is 61.1 Å². The van der Waals surface area contributed by atoms with E-state index in [0.29, 0.717) is 12.0 Å². The molecule has 0 saturated heterocycles. The van der Waals surface area contributed by atoms with E-state index in [1.54, 1.807) is 4.68 Å². The largest absolute Gasteiger partial charge is 0.434 e. The highest BCUT2D eigenvalue weighted by Gasteiger charge is 2.18. The fraction of sp³-hybridized carbons (Fsp3) is 0.0909. The molecule has 4 aromatic rings. The Morgan fingerprint density at radius 3 is 2.72 bits per heavy atom. The molecule has 32 heavy (non-hydrogen) atoms. The second-order valence-electron chi connectivity index (χ2n) is 6.69. The average Bonchev–Trinajstić information content (AvgIpc) is 3.23. The van der Waals surface area contributed by atoms with Crippen molar-refractivity contribution in [3.8, 4) is 17.3 Å². The van der Waals surface area contributed by atoms with Crippen LogP contribution in [0.1, 0.15) is 23.0 Å². The number of amides is 1. The van der Waals surface area contributed by atoms with Gasteiger partial charge in [0.15, 0.2) is 11.6 Å². The van der Waals surface area contributed by atoms with Crippen molar-refractivity contribution in [1.29, 1.82) is 0 Å². The van der Waals surface area contributed by atoms with Crippen molar-refractivity contribution in [2.24, 2.45) is 0 Å². The first-order chi connectivity index (χ1) is 15.5. The van der Waals surface area contributed by atoms with E-state index in [0.717, 1.165) is 23.8 Å². The Morgan fingerprint density at radius 2 is 2.00 bits per heavy atom. The quantitative estimate of drug-likeness (QED) is 0.441. The summed E-state index contributed by atoms with van der Waals surface area (Å²) in [6.07, 6.45) is 3.24. The van der Waals surface area contributed by atoms with Crippen LogP contribution in [-0.4, -0.2) is 25.7 Å². The van der Waals surface area contributed by atoms with E-state index in [2.05, 4.69) is 20.4 Å². The van der Waals surface area contributed by atoms with Gasteiger partial charge in [-0.3, -0.25) is 4.79 Å². The Morgan fingerprint density at radius 1 is 1.22 bits per heavy atom. The number of ether oxygens (including phenoxy) is 1. The van der Waals surface area contributed by atoms with Gasteiger partial charge in [0.05, 0.1) is 23.1 Å². The molecule has 2 aromatic heterocycles. The fourth-order valence-electron chi connectivity index (χ4n) is 3.10. The van der Waals surface area contributed by atoms with Crippen LogP contribution in [0.5, 0.6) is 11.6 Å². The molecule has 2 aromatic carbocycles. The van der Waals surface area contributed by atoms with Gasteiger partial charge < -0.3 is 15.8 Å². The van der Waals surface area contributed by atoms with Gasteiger partial charge in [0.2, 0.25) is 5.88 Å². The van der Waals surface area contributed by atoms with Crippen LogP contribution in [0.2, 0.25) is 5.02 Å². The normalized spacial score (nSPS) is 10.7. The van der Waals surface area contributed by atoms with E-state index in [-0.39, 0.29) is 28.2 Å². The number of nitrogens with one attached hydrogen (secondary N) is 1. The number of carbonyl (C=O) groups excluding carboxylic acids is 1. The van der Waals surface area contributed by atoms with Gasteiger partial charge in [-0.25, -0.2) is 14.1 Å². The number of carbonyl (C=O) groups is 1. The van der Waals surface area contributed by atoms with Gasteiger partial charge in [0.1, 0.15) is 17.2 Å². The Kier molecular flexibility index (Phi) is 6.00. The van der Waals surface area contributed by atoms with Crippen molar-refractivity contribution in [2.45, 2.75) is 13.3 Å². The molecule has 0 spiro atoms. The number of aromatic nitrogens is 4. The summed E-state index contributed by atoms with van der Waals surface area (Å²) in [7, 11) is 0. The highest BCUT2D eigenvalue weighted by Crippen LogP contribution is 2.32. The molecule has 3 N–H and O–H groups in total. The standard InChI is InChI=1S/C22H18ClFN6O2/c1-2-17-15(11-28-30(17)14-6-4-3-5-7-14)21(31)29-13-8-9-18(16(24)10-13)32-22-19(23)20(25)26-12-27-22/h3-12H,2H2,1H3,(H,29,31)(H2,25,26,27). The molecule has 0 aliphatic heterocycles. The lowest BCUT2D eigenvalue weighted by Gasteiger charge is -2.11. The minimum absolute atomic E-state index is 0.0173. The zero-order chi connectivity index (χ0) is 22.7. The van der Waals surface area contributed by atoms with Crippen LogP contribution in [0.25, 0.3) is 5.69 Å². The Labute approximate surface area is 187 Å². The predicted octanol–water partition coefficient (Wildman–Crippen LogP) is 4.64. The lowest BCUT2D eigenvalue weighted by Crippen LogP contribution is -2.14. The van der Waals surface area contributed by atoms with E-state index >= 15 is 0 Å². The molecule has 4 rings (SSSR count). The van der Waals surface area contributed by atoms with Crippen molar-refractivity contribution < 1.29 is 13.9 Å². The highest BCUT2D eigenvalue weighted by molar-refractivity contribution is 6.34. The van der Waals surface area contributed by atoms with E-state index in [1.165, 1.54) is 18.3 Å². The van der Waals surface area contributed by atoms with Crippen LogP contribution in [0.3, 0.4) is 0 Å². The number of anilines is 2. The topological polar surface area (TPSA) is 108 Å². The molecular weight excluding hydrogens is 435 g/mol. The number of para-hydroxylation sites is 1. The number of hydrogen-bond acceptors (Lipinski definition) is 6. The average molecular weight is 453 g/mol. The summed E-state index contributed by atoms with van der Waals surface area (Å²) < 4.78 is 21.7. The third-order valence-corrected chi connectivity index (χ3v) is 4.99. The van der Waals surface area contributed by atoms with Crippen LogP contribution < -0.4 is 15.8 Å². The molecule has 0 unspecified atom stereocenters. The maximum absolute atomic E-state index is 14.6. The zero-order valence-corrected chi connectivity index (χ0v) is 17.7. The summed E-state index contributed by atoms with van der Waals surface area (Å²) in [5.74, 6) is -1.30. The van der Waals surface area contributed by atoms with Gasteiger partial charge in [-0.15, -0.1) is 0 Å². The monoisotopic (exact) mass is 452 g/mol. The van der Waals surface area contributed by atoms with Crippen molar-refractivity contribution in [3.63, 3.8) is 0 Å². The highest BCUT2D eigenvalue weighted by atomic mass is 35.5. The number of nitrogens with zero attached hydrogens (tertiary/aromatic N) is 4. The first-order valence-corrected chi connectivity index (χ1v) is 10.0. The summed E-state index contributed by atoms with van der Waals surface area (Å²) in [5.41, 5.74) is 7.84. The Bertz CT molecular complexity index is 1280. The van der Waals surface area contributed by atoms with Gasteiger partial charge in [-0.2, -0.15) is 10.1 Å². The molecule has 162 valence electrons. The number of halogens is 2. The van der Waals surface area contributed by atoms with Gasteiger partial charge in [-0.1, -0.05) is 36.7 Å². The molecule has 0 atom stereocenters. The van der Waals surface area contributed by atoms with E-state index in [1.807, 2.05) is 37.3 Å². The molecule has 1 amide bonds. The fourth-order valence-corrected chi connectivity index (χ4v) is 3.23. The number of rotatable bonds is 6. The maximum atomic E-state index is 14.6. The van der Waals surface area contributed by atoms with Gasteiger partial charge in [0, 0.05) is 11.8 Å². The molecular formula is C22H18ClFN6O2. The summed E-state index contributed by atoms with van der Waals surface area (Å²) in [6, 6.07) is 13.5. The lowest BCUT2D eigenvalue weighted by atomic mass is 10.1. The first kappa shape index (κ1) is 21.3. The third-order valence-electron chi connectivity index (χ3n) is 4.63. The van der Waals surface area contributed by atoms with Crippen LogP contribution in [0, 0.1) is 5.82 Å². The Hall–Kier alpha value is -3.98. The van der Waals surface area contributed by atoms with Gasteiger partial charge in [-0.05, 0) is 30.7 Å². The molecule has 10 heteroatoms. The number of nitrogen functional groups attached to an aromatic ring is 1. The second kappa shape index (κ2) is 9.03. The predicted molar refractivity (Wildman–Crippen MR) is 119 cm³/mol. The minimum atomic E-state index is -0.716. The molecule has 0 bridgehead atoms. The molecule has 2 heterocycles. The number of benzene rings is 2. The Balaban J connectivity index is 1.54. The molecule has 0 aliphatic carbocycles. The molecule has 0 radical (unpaired) electrons. The van der Waals surface area contributed by atoms with Crippen molar-refractivity contribution in [3.05, 3.63) is 83.2 Å². The summed E-state index contributed by atoms with van der Waals surface area (Å²) in [5, 5.41) is 7.01. The molecule has 0 fully saturated rings. The third kappa shape index (κ3) is 4.23. The van der Waals surface area contributed by atoms with Crippen molar-refractivity contribution in [1.82, 2.24) is 19.7 Å². The van der Waals surface area contributed by atoms with Crippen LogP contribution in [0.4, 0.5) is 15.9 Å². The maximum Gasteiger partial charge on any atom is 0.259 e. The lowest BCUT2D eigenvalue weighted by molar-refractivity contribution is 0.102. The van der Waals surface area contributed by atoms with Crippen molar-refractivity contribution >= 4 is 29.0 Å². The van der Waals surface area contributed by atoms with Crippen LogP contribution >= 0.6 is 11.6 Å². The van der Waals surface area contributed by atoms with Crippen LogP contribution in [-0.2, 0) is 6.42 Å². The molecule has 8 nitrogen and oxygen atoms in total. The van der Waals surface area contributed by atoms with E-state index in [4.69, 9.17) is 22.1 Å². The zero-order valence-electron chi connectivity index (χ0n) is 16.9. The number of hydrogen-bond donors (Lipinski definition) is 2. The van der Waals surface area contributed by atoms with Crippen molar-refractivity contribution in [2.75, 3.05) is 11.1 Å². The van der Waals surface area contributed by atoms with E-state index < -0.39 is 11.7 Å². The smallest absolute Gasteiger partial charge is 0.259 e. The molecule has 0 saturated carbocycles. The summed E-state index contributed by atoms with van der Waals surface area (Å²) >= 11 is 5.98. The number of nitrogens with two attached hydrogens (primary N) is 1. The summed E-state index contributed by atoms with van der Waals surface area (Å²) in [6.45, 7) is 1.93. The summed E-state index contributed by atoms with van der Waals surface area (Å²) in [4.78, 5) is 20.4. The van der Waals surface area contributed by atoms with Gasteiger partial charge >= 0.3 is 0 Å². The first-order valence-electron chi connectivity index (χ1n) is 9.65. The SMILES string of the molecule is CCc1c(C(=O)Nc2ccc(Oc3ncnc(N)c3Cl)c(F)c2)cnn1-c1ccccc1.